The minimum absolute atomic E-state index is 0.773. The number of aryl methyl sites for hydroxylation is 1. The molecule has 1 aromatic heterocycles. The Morgan fingerprint density at radius 3 is 2.92 bits per heavy atom. The van der Waals surface area contributed by atoms with E-state index in [1.165, 1.54) is 9.58 Å². The summed E-state index contributed by atoms with van der Waals surface area (Å²) in [6.07, 6.45) is 0.984. The summed E-state index contributed by atoms with van der Waals surface area (Å²) in [7, 11) is 0. The third-order valence-electron chi connectivity index (χ3n) is 2.04. The van der Waals surface area contributed by atoms with Crippen LogP contribution >= 0.6 is 22.9 Å². The summed E-state index contributed by atoms with van der Waals surface area (Å²) < 4.78 is 1.22. The zero-order valence-corrected chi connectivity index (χ0v) is 8.88. The Kier molecular flexibility index (Phi) is 2.18. The van der Waals surface area contributed by atoms with Crippen LogP contribution in [0.5, 0.6) is 0 Å². The van der Waals surface area contributed by atoms with Crippen LogP contribution in [0.1, 0.15) is 11.8 Å². The van der Waals surface area contributed by atoms with Gasteiger partial charge in [0.05, 0.1) is 5.02 Å². The van der Waals surface area contributed by atoms with E-state index in [1.54, 1.807) is 11.3 Å². The summed E-state index contributed by atoms with van der Waals surface area (Å²) in [5, 5.41) is 1.96. The molecule has 0 radical (unpaired) electrons. The van der Waals surface area contributed by atoms with Gasteiger partial charge in [0.15, 0.2) is 0 Å². The number of rotatable bonds is 1. The van der Waals surface area contributed by atoms with Gasteiger partial charge in [-0.25, -0.2) is 0 Å². The molecule has 0 aliphatic rings. The molecule has 68 valence electrons. The van der Waals surface area contributed by atoms with E-state index in [4.69, 9.17) is 17.3 Å². The first-order chi connectivity index (χ1) is 6.22. The monoisotopic (exact) mass is 211 g/mol. The Labute approximate surface area is 86.1 Å². The number of fused-ring (bicyclic) bond motifs is 1. The number of nitrogen functional groups attached to an aromatic ring is 1. The molecule has 2 rings (SSSR count). The lowest BCUT2D eigenvalue weighted by molar-refractivity contribution is 1.19. The molecule has 0 aliphatic heterocycles. The van der Waals surface area contributed by atoms with Crippen LogP contribution < -0.4 is 5.73 Å². The summed E-state index contributed by atoms with van der Waals surface area (Å²) in [5.74, 6) is 0. The summed E-state index contributed by atoms with van der Waals surface area (Å²) >= 11 is 7.93. The van der Waals surface area contributed by atoms with Crippen molar-refractivity contribution in [3.05, 3.63) is 28.1 Å². The average Bonchev–Trinajstić information content (AvgIpc) is 2.44. The smallest absolute Gasteiger partial charge is 0.0624 e. The van der Waals surface area contributed by atoms with Gasteiger partial charge in [0.1, 0.15) is 0 Å². The Hall–Kier alpha value is -0.730. The maximum atomic E-state index is 6.18. The lowest BCUT2D eigenvalue weighted by Gasteiger charge is -1.93. The number of anilines is 1. The van der Waals surface area contributed by atoms with Crippen molar-refractivity contribution in [2.45, 2.75) is 13.3 Å². The summed E-state index contributed by atoms with van der Waals surface area (Å²) in [4.78, 5) is 1.24. The lowest BCUT2D eigenvalue weighted by atomic mass is 10.2. The molecule has 13 heavy (non-hydrogen) atoms. The predicted octanol–water partition coefficient (Wildman–Crippen LogP) is 3.70. The second-order valence-electron chi connectivity index (χ2n) is 2.95. The molecule has 3 heteroatoms. The van der Waals surface area contributed by atoms with E-state index in [0.29, 0.717) is 0 Å². The topological polar surface area (TPSA) is 26.0 Å². The van der Waals surface area contributed by atoms with E-state index in [2.05, 4.69) is 6.92 Å². The van der Waals surface area contributed by atoms with Crippen molar-refractivity contribution in [3.63, 3.8) is 0 Å². The molecule has 0 spiro atoms. The zero-order chi connectivity index (χ0) is 9.42. The molecule has 1 heterocycles. The van der Waals surface area contributed by atoms with Crippen LogP contribution in [0.25, 0.3) is 10.1 Å². The van der Waals surface area contributed by atoms with Crippen molar-refractivity contribution in [2.24, 2.45) is 0 Å². The van der Waals surface area contributed by atoms with Gasteiger partial charge >= 0.3 is 0 Å². The second-order valence-corrected chi connectivity index (χ2v) is 4.46. The molecule has 0 fully saturated rings. The molecular weight excluding hydrogens is 202 g/mol. The van der Waals surface area contributed by atoms with Crippen molar-refractivity contribution in [1.82, 2.24) is 0 Å². The van der Waals surface area contributed by atoms with Crippen LogP contribution in [-0.2, 0) is 6.42 Å². The minimum Gasteiger partial charge on any atom is -0.399 e. The third kappa shape index (κ3) is 1.40. The van der Waals surface area contributed by atoms with Gasteiger partial charge in [-0.05, 0) is 24.6 Å². The van der Waals surface area contributed by atoms with Crippen molar-refractivity contribution in [3.8, 4) is 0 Å². The molecule has 0 aliphatic carbocycles. The van der Waals surface area contributed by atoms with Crippen LogP contribution in [0.4, 0.5) is 5.69 Å². The Bertz CT molecular complexity index is 447. The van der Waals surface area contributed by atoms with E-state index in [1.807, 2.05) is 18.2 Å². The van der Waals surface area contributed by atoms with E-state index in [9.17, 15) is 0 Å². The quantitative estimate of drug-likeness (QED) is 0.716. The zero-order valence-electron chi connectivity index (χ0n) is 7.30. The van der Waals surface area contributed by atoms with Gasteiger partial charge in [0.2, 0.25) is 0 Å². The normalized spacial score (nSPS) is 10.9. The van der Waals surface area contributed by atoms with Crippen LogP contribution in [0.15, 0.2) is 18.2 Å². The van der Waals surface area contributed by atoms with Crippen LogP contribution in [-0.4, -0.2) is 0 Å². The number of benzene rings is 1. The number of nitrogens with two attached hydrogens (primary N) is 1. The van der Waals surface area contributed by atoms with Crippen molar-refractivity contribution >= 4 is 38.7 Å². The molecule has 1 aromatic carbocycles. The standard InChI is InChI=1S/C10H10ClNS/c1-2-8-10(11)7-5-6(12)3-4-9(7)13-8/h3-5H,2,12H2,1H3. The highest BCUT2D eigenvalue weighted by Crippen LogP contribution is 2.36. The Morgan fingerprint density at radius 2 is 2.23 bits per heavy atom. The summed E-state index contributed by atoms with van der Waals surface area (Å²) in [5.41, 5.74) is 6.46. The van der Waals surface area contributed by atoms with Crippen molar-refractivity contribution in [1.29, 1.82) is 0 Å². The number of thiophene rings is 1. The Balaban J connectivity index is 2.77. The van der Waals surface area contributed by atoms with E-state index in [-0.39, 0.29) is 0 Å². The highest BCUT2D eigenvalue weighted by atomic mass is 35.5. The van der Waals surface area contributed by atoms with Crippen LogP contribution in [0, 0.1) is 0 Å². The number of hydrogen-bond donors (Lipinski definition) is 1. The molecule has 2 aromatic rings. The first-order valence-electron chi connectivity index (χ1n) is 4.18. The highest BCUT2D eigenvalue weighted by Gasteiger charge is 2.08. The fourth-order valence-electron chi connectivity index (χ4n) is 1.36. The van der Waals surface area contributed by atoms with Gasteiger partial charge in [-0.15, -0.1) is 11.3 Å². The first kappa shape index (κ1) is 8.85. The molecule has 0 saturated heterocycles. The van der Waals surface area contributed by atoms with Crippen LogP contribution in [0.3, 0.4) is 0 Å². The van der Waals surface area contributed by atoms with Gasteiger partial charge in [0.25, 0.3) is 0 Å². The average molecular weight is 212 g/mol. The third-order valence-corrected chi connectivity index (χ3v) is 3.90. The van der Waals surface area contributed by atoms with Gasteiger partial charge in [-0.2, -0.15) is 0 Å². The minimum atomic E-state index is 0.773. The maximum Gasteiger partial charge on any atom is 0.0624 e. The van der Waals surface area contributed by atoms with E-state index in [0.717, 1.165) is 22.5 Å². The molecule has 2 N–H and O–H groups in total. The maximum absolute atomic E-state index is 6.18. The fourth-order valence-corrected chi connectivity index (χ4v) is 2.84. The van der Waals surface area contributed by atoms with Gasteiger partial charge in [-0.3, -0.25) is 0 Å². The summed E-state index contributed by atoms with van der Waals surface area (Å²) in [6, 6.07) is 5.88. The highest BCUT2D eigenvalue weighted by molar-refractivity contribution is 7.19. The lowest BCUT2D eigenvalue weighted by Crippen LogP contribution is -1.81. The molecular formula is C10H10ClNS. The van der Waals surface area contributed by atoms with Crippen molar-refractivity contribution < 1.29 is 0 Å². The van der Waals surface area contributed by atoms with Gasteiger partial charge in [-0.1, -0.05) is 18.5 Å². The van der Waals surface area contributed by atoms with Gasteiger partial charge < -0.3 is 5.73 Å². The second kappa shape index (κ2) is 3.20. The van der Waals surface area contributed by atoms with E-state index < -0.39 is 0 Å². The molecule has 0 amide bonds. The molecule has 0 atom stereocenters. The number of hydrogen-bond acceptors (Lipinski definition) is 2. The number of halogens is 1. The Morgan fingerprint density at radius 1 is 1.46 bits per heavy atom. The largest absolute Gasteiger partial charge is 0.399 e. The SMILES string of the molecule is CCc1sc2ccc(N)cc2c1Cl. The van der Waals surface area contributed by atoms with Crippen LogP contribution in [0.2, 0.25) is 5.02 Å². The van der Waals surface area contributed by atoms with E-state index >= 15 is 0 Å². The predicted molar refractivity (Wildman–Crippen MR) is 60.6 cm³/mol. The molecule has 0 unspecified atom stereocenters. The first-order valence-corrected chi connectivity index (χ1v) is 5.38. The molecule has 1 nitrogen and oxygen atoms in total. The van der Waals surface area contributed by atoms with Crippen molar-refractivity contribution in [2.75, 3.05) is 5.73 Å². The molecule has 0 saturated carbocycles. The fraction of sp³-hybridized carbons (Fsp3) is 0.200. The molecule has 0 bridgehead atoms. The summed E-state index contributed by atoms with van der Waals surface area (Å²) in [6.45, 7) is 2.11. The van der Waals surface area contributed by atoms with Gasteiger partial charge in [0, 0.05) is 20.7 Å².